The number of amides is 1. The van der Waals surface area contributed by atoms with Crippen LogP contribution in [0.2, 0.25) is 0 Å². The van der Waals surface area contributed by atoms with Gasteiger partial charge in [-0.25, -0.2) is 0 Å². The maximum Gasteiger partial charge on any atom is 0.287 e. The number of Topliss-reactive ketones (excluding diaryl/α,β-unsaturated/α-hetero) is 1. The Morgan fingerprint density at radius 1 is 1.36 bits per heavy atom. The summed E-state index contributed by atoms with van der Waals surface area (Å²) in [6, 6.07) is 0. The molecule has 0 bridgehead atoms. The van der Waals surface area contributed by atoms with Gasteiger partial charge in [-0.3, -0.25) is 14.5 Å². The van der Waals surface area contributed by atoms with Crippen molar-refractivity contribution >= 4 is 11.7 Å². The summed E-state index contributed by atoms with van der Waals surface area (Å²) in [5.41, 5.74) is 0. The highest BCUT2D eigenvalue weighted by Crippen LogP contribution is 1.94. The Bertz CT molecular complexity index is 212. The average molecular weight is 200 g/mol. The SMILES string of the molecule is CC(=O)C(=O)NCCN1CCOCC1. The van der Waals surface area contributed by atoms with Crippen molar-refractivity contribution in [3.63, 3.8) is 0 Å². The number of carbonyl (C=O) groups is 2. The zero-order valence-electron chi connectivity index (χ0n) is 8.41. The van der Waals surface area contributed by atoms with Crippen molar-refractivity contribution in [1.82, 2.24) is 10.2 Å². The van der Waals surface area contributed by atoms with Crippen molar-refractivity contribution in [2.75, 3.05) is 39.4 Å². The Morgan fingerprint density at radius 3 is 2.57 bits per heavy atom. The molecule has 1 saturated heterocycles. The van der Waals surface area contributed by atoms with E-state index in [9.17, 15) is 9.59 Å². The second kappa shape index (κ2) is 5.72. The molecule has 14 heavy (non-hydrogen) atoms. The summed E-state index contributed by atoms with van der Waals surface area (Å²) in [6.07, 6.45) is 0. The number of carbonyl (C=O) groups excluding carboxylic acids is 2. The number of morpholine rings is 1. The molecule has 0 aromatic carbocycles. The van der Waals surface area contributed by atoms with Crippen LogP contribution >= 0.6 is 0 Å². The minimum atomic E-state index is -0.502. The van der Waals surface area contributed by atoms with Crippen molar-refractivity contribution in [3.8, 4) is 0 Å². The third-order valence-electron chi connectivity index (χ3n) is 2.14. The van der Waals surface area contributed by atoms with Crippen molar-refractivity contribution < 1.29 is 14.3 Å². The molecular formula is C9H16N2O3. The van der Waals surface area contributed by atoms with Crippen LogP contribution in [-0.2, 0) is 14.3 Å². The fourth-order valence-electron chi connectivity index (χ4n) is 1.28. The second-order valence-corrected chi connectivity index (χ2v) is 3.27. The first-order chi connectivity index (χ1) is 6.70. The maximum atomic E-state index is 10.9. The Kier molecular flexibility index (Phi) is 4.55. The van der Waals surface area contributed by atoms with Crippen LogP contribution in [0.1, 0.15) is 6.92 Å². The molecule has 0 spiro atoms. The summed E-state index contributed by atoms with van der Waals surface area (Å²) >= 11 is 0. The molecule has 1 fully saturated rings. The fourth-order valence-corrected chi connectivity index (χ4v) is 1.28. The molecule has 0 aromatic heterocycles. The lowest BCUT2D eigenvalue weighted by Gasteiger charge is -2.26. The van der Waals surface area contributed by atoms with Gasteiger partial charge in [-0.2, -0.15) is 0 Å². The summed E-state index contributed by atoms with van der Waals surface area (Å²) in [4.78, 5) is 23.7. The van der Waals surface area contributed by atoms with Gasteiger partial charge in [0.25, 0.3) is 5.91 Å². The molecule has 0 radical (unpaired) electrons. The topological polar surface area (TPSA) is 58.6 Å². The van der Waals surface area contributed by atoms with E-state index >= 15 is 0 Å². The lowest BCUT2D eigenvalue weighted by Crippen LogP contribution is -2.42. The average Bonchev–Trinajstić information content (AvgIpc) is 2.19. The molecule has 0 aliphatic carbocycles. The molecule has 0 saturated carbocycles. The zero-order valence-corrected chi connectivity index (χ0v) is 8.41. The van der Waals surface area contributed by atoms with Crippen molar-refractivity contribution in [3.05, 3.63) is 0 Å². The van der Waals surface area contributed by atoms with Crippen LogP contribution in [0.25, 0.3) is 0 Å². The molecule has 1 aliphatic heterocycles. The van der Waals surface area contributed by atoms with E-state index in [0.717, 1.165) is 32.8 Å². The number of nitrogens with one attached hydrogen (secondary N) is 1. The summed E-state index contributed by atoms with van der Waals surface area (Å²) < 4.78 is 5.18. The molecule has 1 heterocycles. The largest absolute Gasteiger partial charge is 0.379 e. The molecular weight excluding hydrogens is 184 g/mol. The predicted octanol–water partition coefficient (Wildman–Crippen LogP) is -0.976. The summed E-state index contributed by atoms with van der Waals surface area (Å²) in [6.45, 7) is 5.87. The zero-order chi connectivity index (χ0) is 10.4. The highest BCUT2D eigenvalue weighted by molar-refractivity contribution is 6.35. The van der Waals surface area contributed by atoms with Gasteiger partial charge in [0.15, 0.2) is 0 Å². The van der Waals surface area contributed by atoms with Gasteiger partial charge in [-0.15, -0.1) is 0 Å². The third kappa shape index (κ3) is 3.85. The van der Waals surface area contributed by atoms with Gasteiger partial charge in [0.2, 0.25) is 5.78 Å². The maximum absolute atomic E-state index is 10.9. The molecule has 1 amide bonds. The molecule has 5 heteroatoms. The summed E-state index contributed by atoms with van der Waals surface area (Å²) in [5.74, 6) is -0.940. The van der Waals surface area contributed by atoms with Crippen LogP contribution in [0.15, 0.2) is 0 Å². The van der Waals surface area contributed by atoms with Gasteiger partial charge in [-0.1, -0.05) is 0 Å². The van der Waals surface area contributed by atoms with Crippen molar-refractivity contribution in [2.24, 2.45) is 0 Å². The molecule has 5 nitrogen and oxygen atoms in total. The molecule has 0 unspecified atom stereocenters. The van der Waals surface area contributed by atoms with Crippen molar-refractivity contribution in [2.45, 2.75) is 6.92 Å². The smallest absolute Gasteiger partial charge is 0.287 e. The summed E-state index contributed by atoms with van der Waals surface area (Å²) in [5, 5.41) is 2.56. The van der Waals surface area contributed by atoms with E-state index in [1.807, 2.05) is 0 Å². The molecule has 1 N–H and O–H groups in total. The Balaban J connectivity index is 2.08. The van der Waals surface area contributed by atoms with Crippen LogP contribution in [0.5, 0.6) is 0 Å². The monoisotopic (exact) mass is 200 g/mol. The van der Waals surface area contributed by atoms with Gasteiger partial charge in [0, 0.05) is 33.1 Å². The van der Waals surface area contributed by atoms with Gasteiger partial charge in [0.05, 0.1) is 13.2 Å². The lowest BCUT2D eigenvalue weighted by molar-refractivity contribution is -0.136. The summed E-state index contributed by atoms with van der Waals surface area (Å²) in [7, 11) is 0. The van der Waals surface area contributed by atoms with Crippen LogP contribution in [0.3, 0.4) is 0 Å². The van der Waals surface area contributed by atoms with Crippen LogP contribution in [0, 0.1) is 0 Å². The predicted molar refractivity (Wildman–Crippen MR) is 50.9 cm³/mol. The third-order valence-corrected chi connectivity index (χ3v) is 2.14. The first-order valence-corrected chi connectivity index (χ1v) is 4.79. The fraction of sp³-hybridized carbons (Fsp3) is 0.778. The Hall–Kier alpha value is -0.940. The van der Waals surface area contributed by atoms with E-state index in [4.69, 9.17) is 4.74 Å². The minimum Gasteiger partial charge on any atom is -0.379 e. The van der Waals surface area contributed by atoms with E-state index < -0.39 is 11.7 Å². The number of nitrogens with zero attached hydrogens (tertiary/aromatic N) is 1. The first-order valence-electron chi connectivity index (χ1n) is 4.79. The second-order valence-electron chi connectivity index (χ2n) is 3.27. The van der Waals surface area contributed by atoms with Gasteiger partial charge < -0.3 is 10.1 Å². The molecule has 1 rings (SSSR count). The number of hydrogen-bond acceptors (Lipinski definition) is 4. The van der Waals surface area contributed by atoms with E-state index in [2.05, 4.69) is 10.2 Å². The quantitative estimate of drug-likeness (QED) is 0.593. The normalized spacial score (nSPS) is 17.8. The molecule has 0 aromatic rings. The number of ketones is 1. The standard InChI is InChI=1S/C9H16N2O3/c1-8(12)9(13)10-2-3-11-4-6-14-7-5-11/h2-7H2,1H3,(H,10,13). The van der Waals surface area contributed by atoms with Gasteiger partial charge in [0.1, 0.15) is 0 Å². The lowest BCUT2D eigenvalue weighted by atomic mass is 10.4. The van der Waals surface area contributed by atoms with E-state index in [1.165, 1.54) is 6.92 Å². The van der Waals surface area contributed by atoms with E-state index in [-0.39, 0.29) is 0 Å². The van der Waals surface area contributed by atoms with E-state index in [1.54, 1.807) is 0 Å². The van der Waals surface area contributed by atoms with Gasteiger partial charge >= 0.3 is 0 Å². The first kappa shape index (κ1) is 11.1. The Labute approximate surface area is 83.4 Å². The number of ether oxygens (including phenoxy) is 1. The highest BCUT2D eigenvalue weighted by Gasteiger charge is 2.11. The van der Waals surface area contributed by atoms with Crippen LogP contribution < -0.4 is 5.32 Å². The Morgan fingerprint density at radius 2 is 2.00 bits per heavy atom. The molecule has 0 atom stereocenters. The van der Waals surface area contributed by atoms with Gasteiger partial charge in [-0.05, 0) is 0 Å². The van der Waals surface area contributed by atoms with Crippen LogP contribution in [0.4, 0.5) is 0 Å². The van der Waals surface area contributed by atoms with Crippen molar-refractivity contribution in [1.29, 1.82) is 0 Å². The van der Waals surface area contributed by atoms with E-state index in [0.29, 0.717) is 6.54 Å². The van der Waals surface area contributed by atoms with Crippen LogP contribution in [-0.4, -0.2) is 56.0 Å². The molecule has 1 aliphatic rings. The number of rotatable bonds is 4. The number of hydrogen-bond donors (Lipinski definition) is 1. The highest BCUT2D eigenvalue weighted by atomic mass is 16.5. The minimum absolute atomic E-state index is 0.438. The molecule has 80 valence electrons.